The number of benzene rings is 2. The van der Waals surface area contributed by atoms with Gasteiger partial charge in [0.2, 0.25) is 0 Å². The smallest absolute Gasteiger partial charge is 0.0391 e. The van der Waals surface area contributed by atoms with E-state index < -0.39 is 0 Å². The summed E-state index contributed by atoms with van der Waals surface area (Å²) in [5.74, 6) is 0. The zero-order valence-corrected chi connectivity index (χ0v) is 11.7. The maximum atomic E-state index is 2.41. The Morgan fingerprint density at radius 3 is 1.84 bits per heavy atom. The third-order valence-corrected chi connectivity index (χ3v) is 4.30. The van der Waals surface area contributed by atoms with Gasteiger partial charge in [0.05, 0.1) is 0 Å². The summed E-state index contributed by atoms with van der Waals surface area (Å²) in [6, 6.07) is 17.7. The topological polar surface area (TPSA) is 0 Å². The van der Waals surface area contributed by atoms with E-state index in [-0.39, 0.29) is 5.41 Å². The molecule has 0 aliphatic heterocycles. The summed E-state index contributed by atoms with van der Waals surface area (Å²) in [5.41, 5.74) is 5.80. The van der Waals surface area contributed by atoms with Gasteiger partial charge in [-0.05, 0) is 35.1 Å². The molecular formula is C19H20. The molecule has 0 fully saturated rings. The molecule has 0 saturated carbocycles. The Bertz CT molecular complexity index is 574. The van der Waals surface area contributed by atoms with Crippen LogP contribution in [0.15, 0.2) is 60.7 Å². The van der Waals surface area contributed by atoms with Crippen molar-refractivity contribution in [2.45, 2.75) is 32.1 Å². The number of hydrogen-bond donors (Lipinski definition) is 0. The Balaban J connectivity index is 2.32. The molecule has 0 unspecified atom stereocenters. The summed E-state index contributed by atoms with van der Waals surface area (Å²) in [7, 11) is 0. The lowest BCUT2D eigenvalue weighted by Crippen LogP contribution is -2.21. The molecule has 0 heteroatoms. The first kappa shape index (κ1) is 12.2. The van der Waals surface area contributed by atoms with Crippen molar-refractivity contribution in [3.63, 3.8) is 0 Å². The van der Waals surface area contributed by atoms with Gasteiger partial charge < -0.3 is 0 Å². The van der Waals surface area contributed by atoms with Crippen LogP contribution in [-0.2, 0) is 5.41 Å². The summed E-state index contributed by atoms with van der Waals surface area (Å²) < 4.78 is 0. The summed E-state index contributed by atoms with van der Waals surface area (Å²) in [5, 5.41) is 0. The first-order chi connectivity index (χ1) is 9.33. The average molecular weight is 248 g/mol. The summed E-state index contributed by atoms with van der Waals surface area (Å²) >= 11 is 0. The summed E-state index contributed by atoms with van der Waals surface area (Å²) in [4.78, 5) is 0. The van der Waals surface area contributed by atoms with Crippen LogP contribution in [0, 0.1) is 0 Å². The largest absolute Gasteiger partial charge is 0.0876 e. The molecular weight excluding hydrogens is 228 g/mol. The van der Waals surface area contributed by atoms with Gasteiger partial charge in [-0.1, -0.05) is 74.5 Å². The van der Waals surface area contributed by atoms with Crippen LogP contribution in [0.25, 0.3) is 11.1 Å². The van der Waals surface area contributed by atoms with Gasteiger partial charge >= 0.3 is 0 Å². The second-order valence-corrected chi connectivity index (χ2v) is 5.23. The number of rotatable bonds is 3. The average Bonchev–Trinajstić information content (AvgIpc) is 2.77. The lowest BCUT2D eigenvalue weighted by atomic mass is 9.75. The van der Waals surface area contributed by atoms with Crippen molar-refractivity contribution in [1.29, 1.82) is 0 Å². The van der Waals surface area contributed by atoms with Gasteiger partial charge in [-0.15, -0.1) is 0 Å². The van der Waals surface area contributed by atoms with Crippen molar-refractivity contribution < 1.29 is 0 Å². The Labute approximate surface area is 115 Å². The van der Waals surface area contributed by atoms with E-state index in [2.05, 4.69) is 74.5 Å². The van der Waals surface area contributed by atoms with E-state index in [1.807, 2.05) is 0 Å². The molecule has 3 rings (SSSR count). The first-order valence-corrected chi connectivity index (χ1v) is 7.20. The predicted molar refractivity (Wildman–Crippen MR) is 82.4 cm³/mol. The SMILES string of the molecule is CCC=CC1(CC)c2ccccc2-c2ccccc21. The van der Waals surface area contributed by atoms with E-state index in [1.165, 1.54) is 22.3 Å². The highest BCUT2D eigenvalue weighted by molar-refractivity contribution is 5.82. The maximum absolute atomic E-state index is 2.41. The van der Waals surface area contributed by atoms with E-state index in [0.717, 1.165) is 12.8 Å². The van der Waals surface area contributed by atoms with Crippen LogP contribution < -0.4 is 0 Å². The predicted octanol–water partition coefficient (Wildman–Crippen LogP) is 5.33. The minimum absolute atomic E-state index is 0.0726. The van der Waals surface area contributed by atoms with E-state index in [0.29, 0.717) is 0 Å². The Hall–Kier alpha value is -1.82. The quantitative estimate of drug-likeness (QED) is 0.644. The molecule has 0 saturated heterocycles. The van der Waals surface area contributed by atoms with E-state index in [4.69, 9.17) is 0 Å². The molecule has 19 heavy (non-hydrogen) atoms. The summed E-state index contributed by atoms with van der Waals surface area (Å²) in [6.07, 6.45) is 6.92. The fraction of sp³-hybridized carbons (Fsp3) is 0.263. The minimum atomic E-state index is 0.0726. The van der Waals surface area contributed by atoms with Gasteiger partial charge in [-0.3, -0.25) is 0 Å². The fourth-order valence-electron chi connectivity index (χ4n) is 3.36. The number of fused-ring (bicyclic) bond motifs is 3. The van der Waals surface area contributed by atoms with Crippen molar-refractivity contribution in [3.8, 4) is 11.1 Å². The molecule has 0 amide bonds. The Kier molecular flexibility index (Phi) is 3.02. The van der Waals surface area contributed by atoms with Crippen molar-refractivity contribution in [3.05, 3.63) is 71.8 Å². The molecule has 0 spiro atoms. The molecule has 1 aliphatic rings. The van der Waals surface area contributed by atoms with Gasteiger partial charge in [0.1, 0.15) is 0 Å². The van der Waals surface area contributed by atoms with Gasteiger partial charge in [0.25, 0.3) is 0 Å². The third kappa shape index (κ3) is 1.67. The van der Waals surface area contributed by atoms with Crippen molar-refractivity contribution in [2.24, 2.45) is 0 Å². The third-order valence-electron chi connectivity index (χ3n) is 4.30. The van der Waals surface area contributed by atoms with Crippen LogP contribution in [0.5, 0.6) is 0 Å². The van der Waals surface area contributed by atoms with Crippen LogP contribution in [-0.4, -0.2) is 0 Å². The summed E-state index contributed by atoms with van der Waals surface area (Å²) in [6.45, 7) is 4.49. The first-order valence-electron chi connectivity index (χ1n) is 7.20. The van der Waals surface area contributed by atoms with E-state index >= 15 is 0 Å². The van der Waals surface area contributed by atoms with Gasteiger partial charge in [0, 0.05) is 5.41 Å². The van der Waals surface area contributed by atoms with Crippen LogP contribution in [0.2, 0.25) is 0 Å². The monoisotopic (exact) mass is 248 g/mol. The molecule has 2 aromatic rings. The Morgan fingerprint density at radius 2 is 1.37 bits per heavy atom. The number of allylic oxidation sites excluding steroid dienone is 2. The molecule has 2 aromatic carbocycles. The normalized spacial score (nSPS) is 15.5. The zero-order chi connectivity index (χ0) is 13.3. The van der Waals surface area contributed by atoms with Crippen molar-refractivity contribution in [1.82, 2.24) is 0 Å². The standard InChI is InChI=1S/C19H20/c1-3-5-14-19(4-2)17-12-8-6-10-15(17)16-11-7-9-13-18(16)19/h5-14H,3-4H2,1-2H3. The van der Waals surface area contributed by atoms with Crippen molar-refractivity contribution >= 4 is 0 Å². The maximum Gasteiger partial charge on any atom is 0.0391 e. The van der Waals surface area contributed by atoms with Crippen LogP contribution in [0.4, 0.5) is 0 Å². The molecule has 0 atom stereocenters. The molecule has 0 radical (unpaired) electrons. The molecule has 0 N–H and O–H groups in total. The van der Waals surface area contributed by atoms with Gasteiger partial charge in [-0.25, -0.2) is 0 Å². The minimum Gasteiger partial charge on any atom is -0.0876 e. The number of hydrogen-bond acceptors (Lipinski definition) is 0. The lowest BCUT2D eigenvalue weighted by Gasteiger charge is -2.27. The van der Waals surface area contributed by atoms with Crippen LogP contribution in [0.1, 0.15) is 37.8 Å². The zero-order valence-electron chi connectivity index (χ0n) is 11.7. The second-order valence-electron chi connectivity index (χ2n) is 5.23. The van der Waals surface area contributed by atoms with Gasteiger partial charge in [-0.2, -0.15) is 0 Å². The van der Waals surface area contributed by atoms with Crippen LogP contribution in [0.3, 0.4) is 0 Å². The molecule has 0 aromatic heterocycles. The van der Waals surface area contributed by atoms with Crippen LogP contribution >= 0.6 is 0 Å². The molecule has 0 bridgehead atoms. The fourth-order valence-corrected chi connectivity index (χ4v) is 3.36. The lowest BCUT2D eigenvalue weighted by molar-refractivity contribution is 0.632. The highest BCUT2D eigenvalue weighted by Gasteiger charge is 2.39. The molecule has 1 aliphatic carbocycles. The Morgan fingerprint density at radius 1 is 0.842 bits per heavy atom. The van der Waals surface area contributed by atoms with E-state index in [9.17, 15) is 0 Å². The molecule has 0 heterocycles. The van der Waals surface area contributed by atoms with E-state index in [1.54, 1.807) is 0 Å². The highest BCUT2D eigenvalue weighted by atomic mass is 14.4. The van der Waals surface area contributed by atoms with Crippen molar-refractivity contribution in [2.75, 3.05) is 0 Å². The molecule has 0 nitrogen and oxygen atoms in total. The molecule has 96 valence electrons. The van der Waals surface area contributed by atoms with Gasteiger partial charge in [0.15, 0.2) is 0 Å². The second kappa shape index (κ2) is 4.70. The highest BCUT2D eigenvalue weighted by Crippen LogP contribution is 2.51.